The zero-order valence-corrected chi connectivity index (χ0v) is 18.0. The maximum atomic E-state index is 14.9. The average Bonchev–Trinajstić information content (AvgIpc) is 2.81. The number of methoxy groups -OCH3 is 1. The van der Waals surface area contributed by atoms with E-state index in [9.17, 15) is 22.0 Å². The van der Waals surface area contributed by atoms with E-state index in [4.69, 9.17) is 9.47 Å². The van der Waals surface area contributed by atoms with Crippen molar-refractivity contribution in [1.82, 2.24) is 0 Å². The zero-order chi connectivity index (χ0) is 23.5. The van der Waals surface area contributed by atoms with Gasteiger partial charge in [-0.3, -0.25) is 0 Å². The standard InChI is InChI=1S/C26H23F5O2/c1-32-9-8-15-2-7-25(33-14-15)17-4-6-19(22(28)11-17)16-3-5-20(21(27)10-16)18-12-23(29)26(31)24(30)13-18/h3-6,10-13,15,25H,2,7-9,14H2,1H3. The van der Waals surface area contributed by atoms with E-state index in [2.05, 4.69) is 0 Å². The average molecular weight is 462 g/mol. The molecule has 33 heavy (non-hydrogen) atoms. The summed E-state index contributed by atoms with van der Waals surface area (Å²) in [6, 6.07) is 9.98. The second kappa shape index (κ2) is 10.0. The summed E-state index contributed by atoms with van der Waals surface area (Å²) >= 11 is 0. The fraction of sp³-hybridized carbons (Fsp3) is 0.308. The number of hydrogen-bond donors (Lipinski definition) is 0. The molecule has 2 unspecified atom stereocenters. The van der Waals surface area contributed by atoms with Gasteiger partial charge in [0.25, 0.3) is 0 Å². The van der Waals surface area contributed by atoms with Gasteiger partial charge >= 0.3 is 0 Å². The monoisotopic (exact) mass is 462 g/mol. The molecule has 0 radical (unpaired) electrons. The van der Waals surface area contributed by atoms with Gasteiger partial charge in [-0.2, -0.15) is 0 Å². The Balaban J connectivity index is 1.52. The van der Waals surface area contributed by atoms with E-state index < -0.39 is 29.1 Å². The zero-order valence-electron chi connectivity index (χ0n) is 18.0. The molecule has 0 spiro atoms. The second-order valence-electron chi connectivity index (χ2n) is 8.23. The number of rotatable bonds is 6. The van der Waals surface area contributed by atoms with Crippen molar-refractivity contribution >= 4 is 0 Å². The van der Waals surface area contributed by atoms with Gasteiger partial charge in [0.1, 0.15) is 11.6 Å². The first kappa shape index (κ1) is 23.4. The largest absolute Gasteiger partial charge is 0.385 e. The van der Waals surface area contributed by atoms with Crippen LogP contribution < -0.4 is 0 Å². The van der Waals surface area contributed by atoms with Crippen LogP contribution in [-0.4, -0.2) is 20.3 Å². The third-order valence-corrected chi connectivity index (χ3v) is 6.04. The highest BCUT2D eigenvalue weighted by Gasteiger charge is 2.24. The fourth-order valence-electron chi connectivity index (χ4n) is 4.17. The lowest BCUT2D eigenvalue weighted by Crippen LogP contribution is -2.21. The minimum Gasteiger partial charge on any atom is -0.385 e. The minimum absolute atomic E-state index is 0.118. The lowest BCUT2D eigenvalue weighted by Gasteiger charge is -2.29. The van der Waals surface area contributed by atoms with E-state index >= 15 is 0 Å². The van der Waals surface area contributed by atoms with Crippen LogP contribution in [0.4, 0.5) is 22.0 Å². The summed E-state index contributed by atoms with van der Waals surface area (Å²) in [5.41, 5.74) is 0.912. The maximum absolute atomic E-state index is 14.9. The molecular formula is C26H23F5O2. The molecular weight excluding hydrogens is 439 g/mol. The van der Waals surface area contributed by atoms with Gasteiger partial charge in [0.15, 0.2) is 17.5 Å². The second-order valence-corrected chi connectivity index (χ2v) is 8.23. The van der Waals surface area contributed by atoms with Crippen LogP contribution >= 0.6 is 0 Å². The van der Waals surface area contributed by atoms with Crippen LogP contribution in [0.25, 0.3) is 22.3 Å². The first-order valence-electron chi connectivity index (χ1n) is 10.7. The van der Waals surface area contributed by atoms with Crippen LogP contribution in [0.3, 0.4) is 0 Å². The molecule has 3 aromatic rings. The Hall–Kier alpha value is -2.77. The molecule has 1 heterocycles. The lowest BCUT2D eigenvalue weighted by molar-refractivity contribution is -0.0246. The molecule has 4 rings (SSSR count). The normalized spacial score (nSPS) is 18.5. The Bertz CT molecular complexity index is 1120. The number of benzene rings is 3. The predicted octanol–water partition coefficient (Wildman–Crippen LogP) is 7.22. The molecule has 2 nitrogen and oxygen atoms in total. The molecule has 2 atom stereocenters. The van der Waals surface area contributed by atoms with Crippen molar-refractivity contribution in [3.8, 4) is 22.3 Å². The fourth-order valence-corrected chi connectivity index (χ4v) is 4.17. The molecule has 0 aromatic heterocycles. The Morgan fingerprint density at radius 3 is 2.03 bits per heavy atom. The molecule has 0 saturated carbocycles. The molecule has 3 aromatic carbocycles. The third kappa shape index (κ3) is 5.09. The molecule has 0 N–H and O–H groups in total. The smallest absolute Gasteiger partial charge is 0.194 e. The highest BCUT2D eigenvalue weighted by Crippen LogP contribution is 2.35. The number of hydrogen-bond acceptors (Lipinski definition) is 2. The molecule has 1 aliphatic rings. The van der Waals surface area contributed by atoms with Gasteiger partial charge in [0, 0.05) is 24.8 Å². The first-order valence-corrected chi connectivity index (χ1v) is 10.7. The summed E-state index contributed by atoms with van der Waals surface area (Å²) in [6.07, 6.45) is 2.47. The first-order chi connectivity index (χ1) is 15.9. The molecule has 0 bridgehead atoms. The molecule has 1 aliphatic heterocycles. The molecule has 0 amide bonds. The van der Waals surface area contributed by atoms with Gasteiger partial charge < -0.3 is 9.47 Å². The van der Waals surface area contributed by atoms with Gasteiger partial charge in [0.2, 0.25) is 0 Å². The van der Waals surface area contributed by atoms with Gasteiger partial charge in [-0.25, -0.2) is 22.0 Å². The molecule has 174 valence electrons. The summed E-state index contributed by atoms with van der Waals surface area (Å²) < 4.78 is 80.9. The summed E-state index contributed by atoms with van der Waals surface area (Å²) in [4.78, 5) is 0. The van der Waals surface area contributed by atoms with Crippen molar-refractivity contribution in [2.24, 2.45) is 5.92 Å². The molecule has 1 saturated heterocycles. The van der Waals surface area contributed by atoms with Crippen LogP contribution in [0, 0.1) is 35.0 Å². The van der Waals surface area contributed by atoms with Crippen LogP contribution in [0.5, 0.6) is 0 Å². The summed E-state index contributed by atoms with van der Waals surface area (Å²) in [7, 11) is 1.67. The van der Waals surface area contributed by atoms with E-state index in [0.717, 1.165) is 43.0 Å². The third-order valence-electron chi connectivity index (χ3n) is 6.04. The molecule has 0 aliphatic carbocycles. The maximum Gasteiger partial charge on any atom is 0.194 e. The van der Waals surface area contributed by atoms with Crippen LogP contribution in [-0.2, 0) is 9.47 Å². The van der Waals surface area contributed by atoms with Crippen molar-refractivity contribution < 1.29 is 31.4 Å². The highest BCUT2D eigenvalue weighted by atomic mass is 19.2. The van der Waals surface area contributed by atoms with Crippen molar-refractivity contribution in [1.29, 1.82) is 0 Å². The Morgan fingerprint density at radius 2 is 1.42 bits per heavy atom. The van der Waals surface area contributed by atoms with Gasteiger partial charge in [-0.1, -0.05) is 24.3 Å². The quantitative estimate of drug-likeness (QED) is 0.284. The predicted molar refractivity (Wildman–Crippen MR) is 115 cm³/mol. The summed E-state index contributed by atoms with van der Waals surface area (Å²) in [6.45, 7) is 1.27. The Morgan fingerprint density at radius 1 is 0.788 bits per heavy atom. The minimum atomic E-state index is -1.62. The highest BCUT2D eigenvalue weighted by molar-refractivity contribution is 5.71. The van der Waals surface area contributed by atoms with Gasteiger partial charge in [0.05, 0.1) is 12.7 Å². The van der Waals surface area contributed by atoms with Crippen LogP contribution in [0.15, 0.2) is 48.5 Å². The van der Waals surface area contributed by atoms with E-state index in [0.29, 0.717) is 19.1 Å². The summed E-state index contributed by atoms with van der Waals surface area (Å²) in [5, 5.41) is 0. The Labute approximate surface area is 189 Å². The van der Waals surface area contributed by atoms with Crippen LogP contribution in [0.1, 0.15) is 30.9 Å². The SMILES string of the molecule is COCCC1CCC(c2ccc(-c3ccc(-c4cc(F)c(F)c(F)c4)c(F)c3)c(F)c2)OC1. The van der Waals surface area contributed by atoms with Gasteiger partial charge in [-0.15, -0.1) is 0 Å². The van der Waals surface area contributed by atoms with Crippen molar-refractivity contribution in [3.05, 3.63) is 83.2 Å². The van der Waals surface area contributed by atoms with E-state index in [1.165, 1.54) is 18.2 Å². The van der Waals surface area contributed by atoms with E-state index in [1.54, 1.807) is 19.2 Å². The van der Waals surface area contributed by atoms with E-state index in [-0.39, 0.29) is 28.4 Å². The van der Waals surface area contributed by atoms with E-state index in [1.807, 2.05) is 0 Å². The van der Waals surface area contributed by atoms with Crippen LogP contribution in [0.2, 0.25) is 0 Å². The number of halogens is 5. The van der Waals surface area contributed by atoms with Crippen molar-refractivity contribution in [3.63, 3.8) is 0 Å². The molecule has 1 fully saturated rings. The Kier molecular flexibility index (Phi) is 7.10. The topological polar surface area (TPSA) is 18.5 Å². The van der Waals surface area contributed by atoms with Gasteiger partial charge in [-0.05, 0) is 66.1 Å². The van der Waals surface area contributed by atoms with Crippen molar-refractivity contribution in [2.45, 2.75) is 25.4 Å². The summed E-state index contributed by atoms with van der Waals surface area (Å²) in [5.74, 6) is -5.35. The molecule has 7 heteroatoms. The lowest BCUT2D eigenvalue weighted by atomic mass is 9.91. The number of ether oxygens (including phenoxy) is 2. The van der Waals surface area contributed by atoms with Crippen molar-refractivity contribution in [2.75, 3.05) is 20.3 Å².